The Balaban J connectivity index is 1.41. The highest BCUT2D eigenvalue weighted by atomic mass is 16.5. The van der Waals surface area contributed by atoms with Gasteiger partial charge in [-0.05, 0) is 67.8 Å². The first-order chi connectivity index (χ1) is 19.3. The molecule has 4 aliphatic rings. The highest BCUT2D eigenvalue weighted by Crippen LogP contribution is 2.63. The average molecular weight is 541 g/mol. The fourth-order valence-corrected chi connectivity index (χ4v) is 8.17. The Labute approximate surface area is 237 Å². The summed E-state index contributed by atoms with van der Waals surface area (Å²) in [6, 6.07) is 14.1. The minimum Gasteiger partial charge on any atom is -0.487 e. The molecule has 1 saturated carbocycles. The van der Waals surface area contributed by atoms with E-state index in [9.17, 15) is 9.59 Å². The van der Waals surface area contributed by atoms with E-state index in [2.05, 4.69) is 30.2 Å². The number of esters is 1. The molecule has 0 unspecified atom stereocenters. The second kappa shape index (κ2) is 10.5. The largest absolute Gasteiger partial charge is 0.487 e. The molecule has 2 aromatic carbocycles. The molecule has 2 aliphatic carbocycles. The quantitative estimate of drug-likeness (QED) is 0.194. The van der Waals surface area contributed by atoms with E-state index < -0.39 is 0 Å². The molecule has 2 aromatic rings. The lowest BCUT2D eigenvalue weighted by Gasteiger charge is -2.60. The Morgan fingerprint density at radius 2 is 2.00 bits per heavy atom. The zero-order chi connectivity index (χ0) is 28.0. The van der Waals surface area contributed by atoms with Crippen LogP contribution in [-0.4, -0.2) is 59.5 Å². The minimum atomic E-state index is -0.306. The summed E-state index contributed by atoms with van der Waals surface area (Å²) < 4.78 is 12.7. The van der Waals surface area contributed by atoms with Crippen molar-refractivity contribution in [2.24, 2.45) is 11.8 Å². The number of hydrogen-bond acceptors (Lipinski definition) is 5. The molecule has 0 N–H and O–H groups in total. The van der Waals surface area contributed by atoms with E-state index in [0.717, 1.165) is 55.6 Å². The molecule has 2 heterocycles. The van der Waals surface area contributed by atoms with Crippen LogP contribution in [0.15, 0.2) is 61.2 Å². The molecule has 6 rings (SSSR count). The molecule has 2 fully saturated rings. The molecule has 2 bridgehead atoms. The van der Waals surface area contributed by atoms with E-state index >= 15 is 0 Å². The zero-order valence-electron chi connectivity index (χ0n) is 23.8. The SMILES string of the molecule is C=CCN1CC[C@@]23c4c5ccc(OC(C)=O)c4C[C@@H]1[C@@H]2CC[C@@H](N(CC(C)C)C(=O)C=Cc1ccccc1)[C@@H]3O5. The Kier molecular flexibility index (Phi) is 7.07. The zero-order valence-corrected chi connectivity index (χ0v) is 23.8. The molecule has 40 heavy (non-hydrogen) atoms. The Morgan fingerprint density at radius 3 is 2.73 bits per heavy atom. The van der Waals surface area contributed by atoms with Gasteiger partial charge in [0.1, 0.15) is 17.6 Å². The maximum absolute atomic E-state index is 13.9. The summed E-state index contributed by atoms with van der Waals surface area (Å²) in [6.07, 6.45) is 9.23. The molecule has 1 saturated heterocycles. The molecule has 1 amide bonds. The van der Waals surface area contributed by atoms with Crippen LogP contribution >= 0.6 is 0 Å². The van der Waals surface area contributed by atoms with Crippen LogP contribution < -0.4 is 9.47 Å². The Bertz CT molecular complexity index is 1330. The second-order valence-electron chi connectivity index (χ2n) is 12.3. The lowest BCUT2D eigenvalue weighted by molar-refractivity contribution is -0.138. The first-order valence-electron chi connectivity index (χ1n) is 14.7. The molecular formula is C34H40N2O4. The van der Waals surface area contributed by atoms with Gasteiger partial charge in [0.05, 0.1) is 6.04 Å². The average Bonchev–Trinajstić information content (AvgIpc) is 3.27. The van der Waals surface area contributed by atoms with E-state index in [4.69, 9.17) is 9.47 Å². The van der Waals surface area contributed by atoms with Gasteiger partial charge < -0.3 is 14.4 Å². The fourth-order valence-electron chi connectivity index (χ4n) is 8.17. The summed E-state index contributed by atoms with van der Waals surface area (Å²) in [5.74, 6) is 2.03. The first-order valence-corrected chi connectivity index (χ1v) is 14.7. The van der Waals surface area contributed by atoms with Crippen molar-refractivity contribution < 1.29 is 19.1 Å². The van der Waals surface area contributed by atoms with Gasteiger partial charge in [-0.1, -0.05) is 50.3 Å². The van der Waals surface area contributed by atoms with Crippen LogP contribution in [-0.2, 0) is 21.4 Å². The van der Waals surface area contributed by atoms with Crippen molar-refractivity contribution in [1.82, 2.24) is 9.80 Å². The van der Waals surface area contributed by atoms with Crippen molar-refractivity contribution in [2.75, 3.05) is 19.6 Å². The molecule has 2 aliphatic heterocycles. The molecule has 5 atom stereocenters. The van der Waals surface area contributed by atoms with E-state index in [1.165, 1.54) is 12.5 Å². The summed E-state index contributed by atoms with van der Waals surface area (Å²) in [6.45, 7) is 12.3. The van der Waals surface area contributed by atoms with Crippen LogP contribution in [0.1, 0.15) is 56.7 Å². The number of carbonyl (C=O) groups excluding carboxylic acids is 2. The van der Waals surface area contributed by atoms with Gasteiger partial charge in [0.15, 0.2) is 0 Å². The summed E-state index contributed by atoms with van der Waals surface area (Å²) in [5, 5.41) is 0. The third kappa shape index (κ3) is 4.37. The molecule has 1 spiro atoms. The van der Waals surface area contributed by atoms with Gasteiger partial charge >= 0.3 is 5.97 Å². The predicted molar refractivity (Wildman–Crippen MR) is 156 cm³/mol. The number of nitrogens with zero attached hydrogens (tertiary/aromatic N) is 2. The van der Waals surface area contributed by atoms with Gasteiger partial charge in [0.25, 0.3) is 0 Å². The molecule has 0 aromatic heterocycles. The van der Waals surface area contributed by atoms with E-state index in [0.29, 0.717) is 30.2 Å². The maximum Gasteiger partial charge on any atom is 0.308 e. The highest BCUT2D eigenvalue weighted by molar-refractivity contribution is 5.92. The summed E-state index contributed by atoms with van der Waals surface area (Å²) >= 11 is 0. The Morgan fingerprint density at radius 1 is 1.20 bits per heavy atom. The minimum absolute atomic E-state index is 0.0336. The lowest BCUT2D eigenvalue weighted by Crippen LogP contribution is -2.69. The van der Waals surface area contributed by atoms with E-state index in [-0.39, 0.29) is 29.4 Å². The number of benzene rings is 2. The van der Waals surface area contributed by atoms with Crippen LogP contribution in [0.2, 0.25) is 0 Å². The normalized spacial score (nSPS) is 28.2. The number of carbonyl (C=O) groups is 2. The van der Waals surface area contributed by atoms with Gasteiger partial charge in [-0.15, -0.1) is 6.58 Å². The summed E-state index contributed by atoms with van der Waals surface area (Å²) in [7, 11) is 0. The van der Waals surface area contributed by atoms with Gasteiger partial charge in [-0.2, -0.15) is 0 Å². The number of ether oxygens (including phenoxy) is 2. The summed E-state index contributed by atoms with van der Waals surface area (Å²) in [5.41, 5.74) is 3.15. The first kappa shape index (κ1) is 26.8. The van der Waals surface area contributed by atoms with Crippen molar-refractivity contribution in [3.8, 4) is 11.5 Å². The van der Waals surface area contributed by atoms with Crippen molar-refractivity contribution in [2.45, 2.75) is 70.1 Å². The number of amides is 1. The second-order valence-corrected chi connectivity index (χ2v) is 12.3. The van der Waals surface area contributed by atoms with E-state index in [1.54, 1.807) is 6.08 Å². The van der Waals surface area contributed by atoms with Crippen molar-refractivity contribution in [1.29, 1.82) is 0 Å². The van der Waals surface area contributed by atoms with Crippen LogP contribution in [0, 0.1) is 11.8 Å². The lowest BCUT2D eigenvalue weighted by atomic mass is 9.50. The molecular weight excluding hydrogens is 500 g/mol. The van der Waals surface area contributed by atoms with Crippen molar-refractivity contribution >= 4 is 18.0 Å². The third-order valence-corrected chi connectivity index (χ3v) is 9.48. The predicted octanol–water partition coefficient (Wildman–Crippen LogP) is 5.40. The molecule has 210 valence electrons. The van der Waals surface area contributed by atoms with Crippen LogP contribution in [0.3, 0.4) is 0 Å². The number of likely N-dealkylation sites (tertiary alicyclic amines) is 1. The standard InChI is InChI=1S/C34H40N2O4/c1-5-18-35-19-17-34-26-12-13-27(36(21-22(2)3)31(38)16-11-24-9-7-6-8-10-24)33(34)40-30-15-14-29(39-23(4)37)25(32(30)34)20-28(26)35/h5-11,14-16,22,26-28,33H,1,12-13,17-21H2,2-4H3/t26-,27+,28+,33-,34-/m0/s1. The van der Waals surface area contributed by atoms with Gasteiger partial charge in [0.2, 0.25) is 5.91 Å². The topological polar surface area (TPSA) is 59.1 Å². The number of rotatable bonds is 8. The highest BCUT2D eigenvalue weighted by Gasteiger charge is 2.66. The monoisotopic (exact) mass is 540 g/mol. The molecule has 0 radical (unpaired) electrons. The van der Waals surface area contributed by atoms with Gasteiger partial charge in [0, 0.05) is 48.7 Å². The maximum atomic E-state index is 13.9. The molecule has 6 nitrogen and oxygen atoms in total. The molecule has 6 heteroatoms. The fraction of sp³-hybridized carbons (Fsp3) is 0.471. The number of piperidine rings is 1. The van der Waals surface area contributed by atoms with Gasteiger partial charge in [-0.3, -0.25) is 14.5 Å². The third-order valence-electron chi connectivity index (χ3n) is 9.48. The smallest absolute Gasteiger partial charge is 0.308 e. The van der Waals surface area contributed by atoms with E-state index in [1.807, 2.05) is 54.6 Å². The van der Waals surface area contributed by atoms with Crippen molar-refractivity contribution in [3.63, 3.8) is 0 Å². The Hall–Kier alpha value is -3.38. The van der Waals surface area contributed by atoms with Crippen LogP contribution in [0.5, 0.6) is 11.5 Å². The van der Waals surface area contributed by atoms with Crippen LogP contribution in [0.25, 0.3) is 6.08 Å². The van der Waals surface area contributed by atoms with Crippen LogP contribution in [0.4, 0.5) is 0 Å². The van der Waals surface area contributed by atoms with Gasteiger partial charge in [-0.25, -0.2) is 0 Å². The van der Waals surface area contributed by atoms with Crippen molar-refractivity contribution in [3.05, 3.63) is 77.9 Å². The number of hydrogen-bond donors (Lipinski definition) is 0. The summed E-state index contributed by atoms with van der Waals surface area (Å²) in [4.78, 5) is 30.5.